The fourth-order valence-electron chi connectivity index (χ4n) is 4.61. The van der Waals surface area contributed by atoms with Crippen molar-refractivity contribution in [3.05, 3.63) is 58.3 Å². The third kappa shape index (κ3) is 3.47. The Morgan fingerprint density at radius 3 is 2.87 bits per heavy atom. The topological polar surface area (TPSA) is 76.8 Å². The van der Waals surface area contributed by atoms with Crippen LogP contribution < -0.4 is 4.74 Å². The molecule has 0 aliphatic carbocycles. The van der Waals surface area contributed by atoms with Crippen LogP contribution in [0.4, 0.5) is 0 Å². The number of rotatable bonds is 3. The quantitative estimate of drug-likeness (QED) is 0.704. The van der Waals surface area contributed by atoms with Crippen molar-refractivity contribution in [2.75, 3.05) is 19.9 Å². The number of carbonyl (C=O) groups excluding carboxylic acids is 1. The number of carbonyl (C=O) groups is 1. The second-order valence-electron chi connectivity index (χ2n) is 8.58. The average Bonchev–Trinajstić information content (AvgIpc) is 3.12. The van der Waals surface area contributed by atoms with Crippen LogP contribution in [0.2, 0.25) is 0 Å². The van der Waals surface area contributed by atoms with Crippen LogP contribution in [-0.4, -0.2) is 57.8 Å². The molecule has 31 heavy (non-hydrogen) atoms. The van der Waals surface area contributed by atoms with Crippen LogP contribution in [0.3, 0.4) is 0 Å². The van der Waals surface area contributed by atoms with Gasteiger partial charge in [0.1, 0.15) is 5.75 Å². The smallest absolute Gasteiger partial charge is 0.260 e. The third-order valence-corrected chi connectivity index (χ3v) is 6.56. The van der Waals surface area contributed by atoms with Crippen molar-refractivity contribution in [2.45, 2.75) is 38.8 Å². The van der Waals surface area contributed by atoms with Gasteiger partial charge in [0.25, 0.3) is 5.91 Å². The van der Waals surface area contributed by atoms with Crippen molar-refractivity contribution >= 4 is 16.8 Å². The van der Waals surface area contributed by atoms with E-state index in [1.54, 1.807) is 4.90 Å². The summed E-state index contributed by atoms with van der Waals surface area (Å²) in [7, 11) is 1.92. The Hall–Kier alpha value is -2.90. The van der Waals surface area contributed by atoms with Crippen molar-refractivity contribution in [1.29, 1.82) is 0 Å². The van der Waals surface area contributed by atoms with Crippen LogP contribution in [-0.2, 0) is 18.2 Å². The van der Waals surface area contributed by atoms with E-state index in [2.05, 4.69) is 30.2 Å². The maximum Gasteiger partial charge on any atom is 0.260 e. The van der Waals surface area contributed by atoms with Gasteiger partial charge in [-0.25, -0.2) is 0 Å². The highest BCUT2D eigenvalue weighted by atomic mass is 16.5. The lowest BCUT2D eigenvalue weighted by atomic mass is 9.92. The zero-order valence-electron chi connectivity index (χ0n) is 18.1. The summed E-state index contributed by atoms with van der Waals surface area (Å²) in [6.07, 6.45) is 2.63. The van der Waals surface area contributed by atoms with E-state index < -0.39 is 6.10 Å². The molecule has 7 nitrogen and oxygen atoms in total. The van der Waals surface area contributed by atoms with E-state index in [-0.39, 0.29) is 18.7 Å². The summed E-state index contributed by atoms with van der Waals surface area (Å²) in [6.45, 7) is 5.05. The minimum atomic E-state index is -0.598. The number of hydrogen-bond donors (Lipinski definition) is 1. The van der Waals surface area contributed by atoms with Crippen molar-refractivity contribution in [3.8, 4) is 5.75 Å². The van der Waals surface area contributed by atoms with E-state index >= 15 is 0 Å². The highest BCUT2D eigenvalue weighted by molar-refractivity contribution is 5.99. The van der Waals surface area contributed by atoms with Gasteiger partial charge >= 0.3 is 0 Å². The summed E-state index contributed by atoms with van der Waals surface area (Å²) in [6, 6.07) is 7.86. The van der Waals surface area contributed by atoms with Crippen LogP contribution in [0.25, 0.3) is 10.9 Å². The molecule has 1 aromatic heterocycles. The maximum atomic E-state index is 13.4. The van der Waals surface area contributed by atoms with E-state index in [9.17, 15) is 9.90 Å². The molecule has 1 saturated heterocycles. The minimum Gasteiger partial charge on any atom is -0.472 e. The fraction of sp³-hybridized carbons (Fsp3) is 0.417. The van der Waals surface area contributed by atoms with Gasteiger partial charge in [0.05, 0.1) is 29.8 Å². The van der Waals surface area contributed by atoms with Crippen molar-refractivity contribution < 1.29 is 19.4 Å². The highest BCUT2D eigenvalue weighted by Crippen LogP contribution is 2.35. The SMILES string of the molecule is Cc1c(Cc2ccc3cn(C)nc3c2)cc2c(c1C)OCN(C1COCC[C@@H]1O)C2=O. The number of aliphatic hydroxyl groups is 1. The molecular weight excluding hydrogens is 394 g/mol. The van der Waals surface area contributed by atoms with Gasteiger partial charge in [-0.15, -0.1) is 0 Å². The molecule has 1 N–H and O–H groups in total. The van der Waals surface area contributed by atoms with Gasteiger partial charge < -0.3 is 14.6 Å². The molecule has 2 aliphatic heterocycles. The van der Waals surface area contributed by atoms with Gasteiger partial charge in [-0.05, 0) is 61.1 Å². The van der Waals surface area contributed by atoms with Crippen molar-refractivity contribution in [2.24, 2.45) is 7.05 Å². The van der Waals surface area contributed by atoms with Crippen LogP contribution in [0, 0.1) is 13.8 Å². The lowest BCUT2D eigenvalue weighted by Gasteiger charge is -2.40. The van der Waals surface area contributed by atoms with Crippen molar-refractivity contribution in [1.82, 2.24) is 14.7 Å². The first-order valence-corrected chi connectivity index (χ1v) is 10.7. The predicted molar refractivity (Wildman–Crippen MR) is 116 cm³/mol. The normalized spacial score (nSPS) is 21.3. The molecule has 162 valence electrons. The number of ether oxygens (including phenoxy) is 2. The Morgan fingerprint density at radius 1 is 1.23 bits per heavy atom. The largest absolute Gasteiger partial charge is 0.472 e. The number of nitrogens with zero attached hydrogens (tertiary/aromatic N) is 3. The Kier molecular flexibility index (Phi) is 4.95. The van der Waals surface area contributed by atoms with Gasteiger partial charge in [-0.1, -0.05) is 12.1 Å². The molecule has 3 aromatic rings. The molecule has 2 atom stereocenters. The van der Waals surface area contributed by atoms with Crippen LogP contribution in [0.15, 0.2) is 30.5 Å². The Morgan fingerprint density at radius 2 is 2.06 bits per heavy atom. The zero-order chi connectivity index (χ0) is 21.7. The first kappa shape index (κ1) is 20.0. The van der Waals surface area contributed by atoms with Gasteiger partial charge in [-0.3, -0.25) is 14.4 Å². The van der Waals surface area contributed by atoms with E-state index in [1.807, 2.05) is 30.9 Å². The van der Waals surface area contributed by atoms with Crippen molar-refractivity contribution in [3.63, 3.8) is 0 Å². The molecule has 7 heteroatoms. The molecule has 5 rings (SSSR count). The second kappa shape index (κ2) is 7.66. The van der Waals surface area contributed by atoms with Gasteiger partial charge in [-0.2, -0.15) is 5.10 Å². The maximum absolute atomic E-state index is 13.4. The second-order valence-corrected chi connectivity index (χ2v) is 8.58. The molecule has 1 amide bonds. The number of aromatic nitrogens is 2. The molecule has 0 spiro atoms. The molecule has 1 fully saturated rings. The van der Waals surface area contributed by atoms with E-state index in [4.69, 9.17) is 9.47 Å². The molecule has 2 aromatic carbocycles. The number of aryl methyl sites for hydroxylation is 1. The Labute approximate surface area is 181 Å². The summed E-state index contributed by atoms with van der Waals surface area (Å²) in [4.78, 5) is 15.0. The number of aliphatic hydroxyl groups excluding tert-OH is 1. The summed E-state index contributed by atoms with van der Waals surface area (Å²) < 4.78 is 13.3. The van der Waals surface area contributed by atoms with Crippen LogP contribution in [0.1, 0.15) is 39.0 Å². The highest BCUT2D eigenvalue weighted by Gasteiger charge is 2.37. The first-order valence-electron chi connectivity index (χ1n) is 10.7. The van der Waals surface area contributed by atoms with Gasteiger partial charge in [0.2, 0.25) is 0 Å². The Bertz CT molecular complexity index is 1170. The van der Waals surface area contributed by atoms with Gasteiger partial charge in [0, 0.05) is 25.2 Å². The zero-order valence-corrected chi connectivity index (χ0v) is 18.1. The van der Waals surface area contributed by atoms with Gasteiger partial charge in [0.15, 0.2) is 6.73 Å². The summed E-state index contributed by atoms with van der Waals surface area (Å²) >= 11 is 0. The number of benzene rings is 2. The monoisotopic (exact) mass is 421 g/mol. The molecule has 3 heterocycles. The average molecular weight is 421 g/mol. The summed E-state index contributed by atoms with van der Waals surface area (Å²) in [5.41, 5.74) is 5.86. The molecule has 2 aliphatic rings. The number of amides is 1. The molecule has 0 radical (unpaired) electrons. The minimum absolute atomic E-state index is 0.111. The lowest BCUT2D eigenvalue weighted by Crippen LogP contribution is -2.55. The lowest BCUT2D eigenvalue weighted by molar-refractivity contribution is -0.0697. The van der Waals surface area contributed by atoms with Crippen LogP contribution in [0.5, 0.6) is 5.75 Å². The van der Waals surface area contributed by atoms with E-state index in [0.29, 0.717) is 37.4 Å². The summed E-state index contributed by atoms with van der Waals surface area (Å²) in [5.74, 6) is 0.536. The Balaban J connectivity index is 1.48. The van der Waals surface area contributed by atoms with E-state index in [0.717, 1.165) is 33.2 Å². The molecule has 0 saturated carbocycles. The predicted octanol–water partition coefficient (Wildman–Crippen LogP) is 2.72. The number of hydrogen-bond acceptors (Lipinski definition) is 5. The fourth-order valence-corrected chi connectivity index (χ4v) is 4.61. The third-order valence-electron chi connectivity index (χ3n) is 6.56. The first-order chi connectivity index (χ1) is 14.9. The van der Waals surface area contributed by atoms with E-state index in [1.165, 1.54) is 0 Å². The summed E-state index contributed by atoms with van der Waals surface area (Å²) in [5, 5.41) is 16.0. The van der Waals surface area contributed by atoms with Crippen LogP contribution >= 0.6 is 0 Å². The standard InChI is InChI=1S/C24H27N3O4/c1-14-15(2)23-19(24(29)27(13-31-23)21-12-30-7-6-22(21)28)10-18(14)8-16-4-5-17-11-26(3)25-20(17)9-16/h4-5,9-11,21-22,28H,6-8,12-13H2,1-3H3/t21?,22-/m0/s1. The molecular formula is C24H27N3O4. The molecule has 1 unspecified atom stereocenters. The number of fused-ring (bicyclic) bond motifs is 2. The molecule has 0 bridgehead atoms.